The minimum absolute atomic E-state index is 0.466. The minimum Gasteiger partial charge on any atom is -0.327 e. The second-order valence-corrected chi connectivity index (χ2v) is 4.00. The van der Waals surface area contributed by atoms with E-state index in [1.54, 1.807) is 0 Å². The highest BCUT2D eigenvalue weighted by molar-refractivity contribution is 5.40. The normalized spacial score (nSPS) is 36.9. The van der Waals surface area contributed by atoms with E-state index in [2.05, 4.69) is 24.3 Å². The Hall–Kier alpha value is -0.820. The number of aryl methyl sites for hydroxylation is 1. The molecule has 1 fully saturated rings. The zero-order chi connectivity index (χ0) is 8.13. The van der Waals surface area contributed by atoms with Crippen molar-refractivity contribution in [1.29, 1.82) is 0 Å². The van der Waals surface area contributed by atoms with Crippen LogP contribution in [0.4, 0.5) is 0 Å². The van der Waals surface area contributed by atoms with Crippen molar-refractivity contribution < 1.29 is 0 Å². The zero-order valence-corrected chi connectivity index (χ0v) is 7.03. The number of hydrogen-bond acceptors (Lipinski definition) is 1. The Labute approximate surface area is 72.6 Å². The second-order valence-electron chi connectivity index (χ2n) is 4.00. The lowest BCUT2D eigenvalue weighted by atomic mass is 9.92. The van der Waals surface area contributed by atoms with Crippen LogP contribution in [0.5, 0.6) is 0 Å². The zero-order valence-electron chi connectivity index (χ0n) is 7.03. The SMILES string of the molecule is N[C@H]1[C@H]2CCc3ccccc3[C@@H]12. The molecule has 1 nitrogen and oxygen atoms in total. The van der Waals surface area contributed by atoms with Crippen LogP contribution in [-0.2, 0) is 6.42 Å². The summed E-state index contributed by atoms with van der Waals surface area (Å²) in [5.41, 5.74) is 9.05. The summed E-state index contributed by atoms with van der Waals surface area (Å²) in [6.07, 6.45) is 2.55. The Balaban J connectivity index is 2.10. The van der Waals surface area contributed by atoms with Gasteiger partial charge in [-0.25, -0.2) is 0 Å². The van der Waals surface area contributed by atoms with E-state index < -0.39 is 0 Å². The molecule has 12 heavy (non-hydrogen) atoms. The molecule has 3 atom stereocenters. The van der Waals surface area contributed by atoms with Gasteiger partial charge in [0.05, 0.1) is 0 Å². The first-order valence-electron chi connectivity index (χ1n) is 4.71. The van der Waals surface area contributed by atoms with Crippen molar-refractivity contribution in [3.8, 4) is 0 Å². The Bertz CT molecular complexity index is 319. The van der Waals surface area contributed by atoms with Gasteiger partial charge in [0.2, 0.25) is 0 Å². The average Bonchev–Trinajstić information content (AvgIpc) is 2.78. The molecule has 62 valence electrons. The van der Waals surface area contributed by atoms with Gasteiger partial charge in [-0.1, -0.05) is 24.3 Å². The first-order valence-corrected chi connectivity index (χ1v) is 4.71. The van der Waals surface area contributed by atoms with Crippen LogP contribution in [0.25, 0.3) is 0 Å². The monoisotopic (exact) mass is 159 g/mol. The van der Waals surface area contributed by atoms with Crippen LogP contribution in [0.2, 0.25) is 0 Å². The summed E-state index contributed by atoms with van der Waals surface area (Å²) >= 11 is 0. The molecule has 0 unspecified atom stereocenters. The van der Waals surface area contributed by atoms with E-state index in [-0.39, 0.29) is 0 Å². The molecule has 3 rings (SSSR count). The van der Waals surface area contributed by atoms with E-state index in [0.29, 0.717) is 12.0 Å². The molecule has 0 amide bonds. The molecule has 0 aromatic heterocycles. The minimum atomic E-state index is 0.466. The highest BCUT2D eigenvalue weighted by Gasteiger charge is 2.50. The maximum absolute atomic E-state index is 5.99. The number of benzene rings is 1. The van der Waals surface area contributed by atoms with Crippen molar-refractivity contribution in [2.24, 2.45) is 11.7 Å². The molecule has 1 heteroatoms. The van der Waals surface area contributed by atoms with E-state index in [0.717, 1.165) is 5.92 Å². The summed E-state index contributed by atoms with van der Waals surface area (Å²) in [6.45, 7) is 0. The molecule has 0 aliphatic heterocycles. The lowest BCUT2D eigenvalue weighted by Gasteiger charge is -2.13. The highest BCUT2D eigenvalue weighted by Crippen LogP contribution is 2.53. The van der Waals surface area contributed by atoms with E-state index in [9.17, 15) is 0 Å². The van der Waals surface area contributed by atoms with E-state index in [1.165, 1.54) is 24.0 Å². The van der Waals surface area contributed by atoms with Gasteiger partial charge < -0.3 is 5.73 Å². The van der Waals surface area contributed by atoms with Crippen LogP contribution in [0.15, 0.2) is 24.3 Å². The standard InChI is InChI=1S/C11H13N/c12-11-9-6-5-7-3-1-2-4-8(7)10(9)11/h1-4,9-11H,5-6,12H2/t9-,10+,11-/m0/s1. The summed E-state index contributed by atoms with van der Waals surface area (Å²) in [4.78, 5) is 0. The molecular weight excluding hydrogens is 146 g/mol. The molecule has 0 heterocycles. The van der Waals surface area contributed by atoms with Crippen LogP contribution in [0.3, 0.4) is 0 Å². The van der Waals surface area contributed by atoms with Gasteiger partial charge in [-0.15, -0.1) is 0 Å². The van der Waals surface area contributed by atoms with Gasteiger partial charge in [0.15, 0.2) is 0 Å². The smallest absolute Gasteiger partial charge is 0.0146 e. The van der Waals surface area contributed by atoms with Gasteiger partial charge in [0.1, 0.15) is 0 Å². The third-order valence-corrected chi connectivity index (χ3v) is 3.39. The molecule has 0 spiro atoms. The highest BCUT2D eigenvalue weighted by atomic mass is 14.8. The van der Waals surface area contributed by atoms with E-state index >= 15 is 0 Å². The molecule has 0 radical (unpaired) electrons. The van der Waals surface area contributed by atoms with Gasteiger partial charge in [0, 0.05) is 12.0 Å². The predicted octanol–water partition coefficient (Wildman–Crippen LogP) is 1.67. The number of fused-ring (bicyclic) bond motifs is 3. The predicted molar refractivity (Wildman–Crippen MR) is 49.0 cm³/mol. The van der Waals surface area contributed by atoms with Crippen LogP contribution in [-0.4, -0.2) is 6.04 Å². The van der Waals surface area contributed by atoms with Crippen LogP contribution >= 0.6 is 0 Å². The second kappa shape index (κ2) is 2.11. The average molecular weight is 159 g/mol. The molecule has 0 bridgehead atoms. The summed E-state index contributed by atoms with van der Waals surface area (Å²) < 4.78 is 0. The lowest BCUT2D eigenvalue weighted by molar-refractivity contribution is 0.658. The number of hydrogen-bond donors (Lipinski definition) is 1. The summed E-state index contributed by atoms with van der Waals surface area (Å²) in [6, 6.07) is 9.23. The Morgan fingerprint density at radius 3 is 3.00 bits per heavy atom. The molecule has 1 aromatic rings. The first kappa shape index (κ1) is 6.67. The summed E-state index contributed by atoms with van der Waals surface area (Å²) in [7, 11) is 0. The Morgan fingerprint density at radius 2 is 2.08 bits per heavy atom. The van der Waals surface area contributed by atoms with Crippen molar-refractivity contribution in [3.05, 3.63) is 35.4 Å². The maximum Gasteiger partial charge on any atom is 0.0146 e. The van der Waals surface area contributed by atoms with Gasteiger partial charge in [0.25, 0.3) is 0 Å². The van der Waals surface area contributed by atoms with E-state index in [4.69, 9.17) is 5.73 Å². The maximum atomic E-state index is 5.99. The van der Waals surface area contributed by atoms with Crippen LogP contribution in [0, 0.1) is 5.92 Å². The van der Waals surface area contributed by atoms with Gasteiger partial charge >= 0.3 is 0 Å². The number of rotatable bonds is 0. The fraction of sp³-hybridized carbons (Fsp3) is 0.455. The fourth-order valence-corrected chi connectivity index (χ4v) is 2.62. The van der Waals surface area contributed by atoms with Crippen molar-refractivity contribution in [1.82, 2.24) is 0 Å². The molecule has 2 aliphatic rings. The fourth-order valence-electron chi connectivity index (χ4n) is 2.62. The van der Waals surface area contributed by atoms with Crippen molar-refractivity contribution in [3.63, 3.8) is 0 Å². The van der Waals surface area contributed by atoms with Crippen molar-refractivity contribution >= 4 is 0 Å². The molecule has 2 aliphatic carbocycles. The van der Waals surface area contributed by atoms with E-state index in [1.807, 2.05) is 0 Å². The van der Waals surface area contributed by atoms with Gasteiger partial charge in [-0.3, -0.25) is 0 Å². The van der Waals surface area contributed by atoms with Gasteiger partial charge in [-0.2, -0.15) is 0 Å². The summed E-state index contributed by atoms with van der Waals surface area (Å²) in [5, 5.41) is 0. The largest absolute Gasteiger partial charge is 0.327 e. The number of nitrogens with two attached hydrogens (primary N) is 1. The Kier molecular flexibility index (Phi) is 1.17. The topological polar surface area (TPSA) is 26.0 Å². The molecule has 1 aromatic carbocycles. The Morgan fingerprint density at radius 1 is 1.25 bits per heavy atom. The lowest BCUT2D eigenvalue weighted by Crippen LogP contribution is -2.02. The molecule has 1 saturated carbocycles. The van der Waals surface area contributed by atoms with Crippen molar-refractivity contribution in [2.45, 2.75) is 24.8 Å². The molecule has 2 N–H and O–H groups in total. The third-order valence-electron chi connectivity index (χ3n) is 3.39. The summed E-state index contributed by atoms with van der Waals surface area (Å²) in [5.74, 6) is 1.51. The molecular formula is C11H13N. The van der Waals surface area contributed by atoms with Gasteiger partial charge in [-0.05, 0) is 29.9 Å². The third kappa shape index (κ3) is 0.721. The quantitative estimate of drug-likeness (QED) is 0.612. The van der Waals surface area contributed by atoms with Crippen LogP contribution < -0.4 is 5.73 Å². The van der Waals surface area contributed by atoms with Crippen molar-refractivity contribution in [2.75, 3.05) is 0 Å². The first-order chi connectivity index (χ1) is 5.88. The van der Waals surface area contributed by atoms with Crippen LogP contribution in [0.1, 0.15) is 23.5 Å². The molecule has 0 saturated heterocycles.